The van der Waals surface area contributed by atoms with Crippen molar-refractivity contribution in [1.29, 1.82) is 5.26 Å². The van der Waals surface area contributed by atoms with E-state index >= 15 is 8.78 Å². The lowest BCUT2D eigenvalue weighted by atomic mass is 9.92. The number of nitrogens with two attached hydrogens (primary N) is 1. The molecule has 2 unspecified atom stereocenters. The Morgan fingerprint density at radius 2 is 2.08 bits per heavy atom. The van der Waals surface area contributed by atoms with E-state index in [1.807, 2.05) is 6.07 Å². The predicted octanol–water partition coefficient (Wildman–Crippen LogP) is 7.16. The molecule has 2 aromatic heterocycles. The third-order valence-corrected chi connectivity index (χ3v) is 11.8. The minimum absolute atomic E-state index is 0.00274. The zero-order chi connectivity index (χ0) is 34.2. The summed E-state index contributed by atoms with van der Waals surface area (Å²) in [4.78, 5) is 13.1. The lowest BCUT2D eigenvalue weighted by Gasteiger charge is -2.34. The molecule has 4 aliphatic heterocycles. The Morgan fingerprint density at radius 3 is 2.88 bits per heavy atom. The average Bonchev–Trinajstić information content (AvgIpc) is 3.61. The van der Waals surface area contributed by atoms with Gasteiger partial charge in [0.1, 0.15) is 40.9 Å². The Bertz CT molecular complexity index is 2030. The van der Waals surface area contributed by atoms with E-state index in [0.29, 0.717) is 25.4 Å². The molecule has 2 N–H and O–H groups in total. The van der Waals surface area contributed by atoms with Crippen LogP contribution in [0, 0.1) is 28.9 Å². The molecule has 0 aliphatic carbocycles. The Hall–Kier alpha value is -3.64. The number of aromatic nitrogens is 2. The maximum absolute atomic E-state index is 17.3. The molecule has 0 radical (unpaired) electrons. The molecule has 0 spiro atoms. The molecule has 258 valence electrons. The highest BCUT2D eigenvalue weighted by molar-refractivity contribution is 7.23. The molecular weight excluding hydrogens is 684 g/mol. The summed E-state index contributed by atoms with van der Waals surface area (Å²) in [5.41, 5.74) is 5.53. The van der Waals surface area contributed by atoms with Gasteiger partial charge in [0.15, 0.2) is 11.6 Å². The largest absolute Gasteiger partial charge is 0.486 e. The highest BCUT2D eigenvalue weighted by Gasteiger charge is 2.48. The average molecular weight is 717 g/mol. The van der Waals surface area contributed by atoms with Crippen LogP contribution in [0.1, 0.15) is 44.6 Å². The van der Waals surface area contributed by atoms with Crippen molar-refractivity contribution in [3.63, 3.8) is 0 Å². The lowest BCUT2D eigenvalue weighted by Crippen LogP contribution is -2.49. The number of nitriles is 1. The fraction of sp³-hybridized carbons (Fsp3) is 0.500. The number of halogens is 5. The summed E-state index contributed by atoms with van der Waals surface area (Å²) in [7, 11) is 0. The SMILES string of the molecule is C[C@H]1CN2CCC[C@@]2(COc2nc3c4c(c(Cl)c(-c5ccc(F)c6sc(N)c(C#N)c56)c(F)c4n2)OC2CCCOCC2N3CC(F)F)C1. The summed E-state index contributed by atoms with van der Waals surface area (Å²) in [5, 5.41) is 9.98. The van der Waals surface area contributed by atoms with Crippen LogP contribution in [0.15, 0.2) is 12.1 Å². The Labute approximate surface area is 288 Å². The van der Waals surface area contributed by atoms with Gasteiger partial charge in [-0.2, -0.15) is 15.2 Å². The number of anilines is 2. The van der Waals surface area contributed by atoms with Crippen LogP contribution in [0.5, 0.6) is 11.8 Å². The van der Waals surface area contributed by atoms with E-state index in [1.54, 1.807) is 0 Å². The molecule has 0 saturated carbocycles. The van der Waals surface area contributed by atoms with Crippen molar-refractivity contribution in [2.75, 3.05) is 50.1 Å². The minimum atomic E-state index is -2.77. The molecule has 9 nitrogen and oxygen atoms in total. The smallest absolute Gasteiger partial charge is 0.319 e. The van der Waals surface area contributed by atoms with E-state index in [-0.39, 0.29) is 84.0 Å². The van der Waals surface area contributed by atoms with Crippen LogP contribution in [0.3, 0.4) is 0 Å². The zero-order valence-corrected chi connectivity index (χ0v) is 28.2. The number of alkyl halides is 2. The number of hydrogen-bond acceptors (Lipinski definition) is 10. The predicted molar refractivity (Wildman–Crippen MR) is 179 cm³/mol. The van der Waals surface area contributed by atoms with E-state index in [4.69, 9.17) is 31.5 Å². The van der Waals surface area contributed by atoms with Gasteiger partial charge in [0.2, 0.25) is 0 Å². The van der Waals surface area contributed by atoms with Crippen LogP contribution in [-0.2, 0) is 4.74 Å². The number of nitrogens with zero attached hydrogens (tertiary/aromatic N) is 5. The molecule has 4 aliphatic rings. The monoisotopic (exact) mass is 716 g/mol. The van der Waals surface area contributed by atoms with Gasteiger partial charge in [0.25, 0.3) is 6.43 Å². The van der Waals surface area contributed by atoms with Crippen LogP contribution in [0.4, 0.5) is 28.4 Å². The number of ether oxygens (including phenoxy) is 3. The second-order valence-corrected chi connectivity index (χ2v) is 14.9. The van der Waals surface area contributed by atoms with Crippen molar-refractivity contribution in [2.24, 2.45) is 5.92 Å². The number of nitrogen functional groups attached to an aromatic ring is 1. The standard InChI is InChI=1S/C34H33ClF4N6O3S/c1-16-10-34(7-3-8-44(34)12-16)15-47-33-42-28-25-29(48-21-4-2-9-46-14-20(21)45(13-22(37)38)32(25)43-33)26(35)24(27(28)39)17-5-6-19(36)30-23(17)18(11-40)31(41)49-30/h5-6,16,20-22H,2-4,7-10,12-15,41H2,1H3/t16-,20?,21?,34+/m1/s1. The maximum Gasteiger partial charge on any atom is 0.319 e. The van der Waals surface area contributed by atoms with E-state index in [1.165, 1.54) is 11.0 Å². The fourth-order valence-electron chi connectivity index (χ4n) is 8.38. The number of benzene rings is 2. The number of fused-ring (bicyclic) bond motifs is 3. The van der Waals surface area contributed by atoms with Gasteiger partial charge in [-0.05, 0) is 56.2 Å². The van der Waals surface area contributed by atoms with Crippen LogP contribution < -0.4 is 20.1 Å². The molecule has 49 heavy (non-hydrogen) atoms. The molecule has 6 heterocycles. The van der Waals surface area contributed by atoms with Gasteiger partial charge in [-0.1, -0.05) is 24.6 Å². The van der Waals surface area contributed by atoms with E-state index in [9.17, 15) is 14.0 Å². The fourth-order valence-corrected chi connectivity index (χ4v) is 9.65. The van der Waals surface area contributed by atoms with Crippen LogP contribution in [-0.4, -0.2) is 78.4 Å². The van der Waals surface area contributed by atoms with Gasteiger partial charge in [-0.25, -0.2) is 17.6 Å². The summed E-state index contributed by atoms with van der Waals surface area (Å²) in [6, 6.07) is 3.63. The molecule has 4 aromatic rings. The third kappa shape index (κ3) is 5.23. The summed E-state index contributed by atoms with van der Waals surface area (Å²) in [6.07, 6.45) is 0.445. The Morgan fingerprint density at radius 1 is 1.24 bits per heavy atom. The van der Waals surface area contributed by atoms with Gasteiger partial charge in [-0.15, -0.1) is 11.3 Å². The topological polar surface area (TPSA) is 110 Å². The summed E-state index contributed by atoms with van der Waals surface area (Å²) < 4.78 is 79.8. The highest BCUT2D eigenvalue weighted by atomic mass is 35.5. The summed E-state index contributed by atoms with van der Waals surface area (Å²) >= 11 is 7.95. The Balaban J connectivity index is 1.38. The second-order valence-electron chi connectivity index (χ2n) is 13.5. The van der Waals surface area contributed by atoms with Crippen molar-refractivity contribution >= 4 is 54.7 Å². The van der Waals surface area contributed by atoms with Gasteiger partial charge in [-0.3, -0.25) is 4.90 Å². The normalized spacial score (nSPS) is 25.3. The van der Waals surface area contributed by atoms with Crippen molar-refractivity contribution in [1.82, 2.24) is 14.9 Å². The van der Waals surface area contributed by atoms with Crippen molar-refractivity contribution in [3.05, 3.63) is 34.4 Å². The molecule has 3 saturated heterocycles. The van der Waals surface area contributed by atoms with E-state index < -0.39 is 36.8 Å². The first-order chi connectivity index (χ1) is 23.6. The van der Waals surface area contributed by atoms with Crippen LogP contribution in [0.25, 0.3) is 32.1 Å². The van der Waals surface area contributed by atoms with Crippen molar-refractivity contribution in [2.45, 2.75) is 63.1 Å². The molecule has 8 rings (SSSR count). The number of rotatable bonds is 6. The van der Waals surface area contributed by atoms with Crippen molar-refractivity contribution < 1.29 is 31.8 Å². The summed E-state index contributed by atoms with van der Waals surface area (Å²) in [5.74, 6) is -1.07. The zero-order valence-electron chi connectivity index (χ0n) is 26.6. The quantitative estimate of drug-likeness (QED) is 0.208. The molecule has 4 atom stereocenters. The first-order valence-corrected chi connectivity index (χ1v) is 17.6. The first kappa shape index (κ1) is 32.6. The van der Waals surface area contributed by atoms with Gasteiger partial charge in [0, 0.05) is 24.1 Å². The van der Waals surface area contributed by atoms with Gasteiger partial charge < -0.3 is 24.8 Å². The van der Waals surface area contributed by atoms with E-state index in [0.717, 1.165) is 49.8 Å². The first-order valence-electron chi connectivity index (χ1n) is 16.4. The summed E-state index contributed by atoms with van der Waals surface area (Å²) in [6.45, 7) is 4.07. The minimum Gasteiger partial charge on any atom is -0.486 e. The van der Waals surface area contributed by atoms with Crippen molar-refractivity contribution in [3.8, 4) is 29.0 Å². The molecule has 2 aromatic carbocycles. The Kier molecular flexibility index (Phi) is 8.17. The van der Waals surface area contributed by atoms with E-state index in [2.05, 4.69) is 21.8 Å². The number of thiophene rings is 1. The van der Waals surface area contributed by atoms with Gasteiger partial charge >= 0.3 is 6.01 Å². The maximum atomic E-state index is 17.3. The molecule has 0 bridgehead atoms. The third-order valence-electron chi connectivity index (χ3n) is 10.4. The van der Waals surface area contributed by atoms with Gasteiger partial charge in [0.05, 0.1) is 45.4 Å². The molecular formula is C34H33ClF4N6O3S. The molecule has 0 amide bonds. The molecule has 3 fully saturated rings. The number of hydrogen-bond donors (Lipinski definition) is 1. The second kappa shape index (κ2) is 12.3. The molecule has 15 heteroatoms. The highest BCUT2D eigenvalue weighted by Crippen LogP contribution is 2.52. The van der Waals surface area contributed by atoms with Crippen LogP contribution >= 0.6 is 22.9 Å². The lowest BCUT2D eigenvalue weighted by molar-refractivity contribution is 0.0930. The van der Waals surface area contributed by atoms with Crippen LogP contribution in [0.2, 0.25) is 5.02 Å².